The first-order chi connectivity index (χ1) is 9.97. The largest absolute Gasteiger partial charge is 0.341 e. The van der Waals surface area contributed by atoms with Gasteiger partial charge in [0, 0.05) is 25.7 Å². The minimum atomic E-state index is 0.0515. The Morgan fingerprint density at radius 1 is 1.33 bits per heavy atom. The van der Waals surface area contributed by atoms with Gasteiger partial charge in [0.05, 0.1) is 5.75 Å². The average molecular weight is 325 g/mol. The fraction of sp³-hybridized carbons (Fsp3) is 0.357. The van der Waals surface area contributed by atoms with E-state index in [1.807, 2.05) is 42.8 Å². The van der Waals surface area contributed by atoms with E-state index < -0.39 is 0 Å². The van der Waals surface area contributed by atoms with Gasteiger partial charge < -0.3 is 9.47 Å². The molecule has 0 aliphatic heterocycles. The molecule has 0 atom stereocenters. The van der Waals surface area contributed by atoms with E-state index in [0.717, 1.165) is 16.5 Å². The molecule has 7 heteroatoms. The molecular formula is C14H17ClN4OS. The molecule has 0 saturated heterocycles. The number of rotatable bonds is 5. The van der Waals surface area contributed by atoms with E-state index in [4.69, 9.17) is 11.6 Å². The lowest BCUT2D eigenvalue weighted by Crippen LogP contribution is -2.27. The Bertz CT molecular complexity index is 626. The Balaban J connectivity index is 1.88. The second-order valence-corrected chi connectivity index (χ2v) is 6.13. The van der Waals surface area contributed by atoms with Crippen molar-refractivity contribution in [2.45, 2.75) is 18.6 Å². The fourth-order valence-electron chi connectivity index (χ4n) is 1.70. The van der Waals surface area contributed by atoms with Crippen LogP contribution in [0.4, 0.5) is 0 Å². The predicted molar refractivity (Wildman–Crippen MR) is 84.4 cm³/mol. The number of aryl methyl sites for hydroxylation is 1. The number of hydrogen-bond donors (Lipinski definition) is 0. The molecule has 112 valence electrons. The number of hydrogen-bond acceptors (Lipinski definition) is 4. The van der Waals surface area contributed by atoms with Gasteiger partial charge in [-0.2, -0.15) is 0 Å². The number of benzene rings is 1. The predicted octanol–water partition coefficient (Wildman–Crippen LogP) is 2.53. The molecule has 0 radical (unpaired) electrons. The highest BCUT2D eigenvalue weighted by molar-refractivity contribution is 7.99. The zero-order valence-corrected chi connectivity index (χ0v) is 13.8. The Morgan fingerprint density at radius 3 is 2.57 bits per heavy atom. The summed E-state index contributed by atoms with van der Waals surface area (Å²) in [5, 5.41) is 9.45. The van der Waals surface area contributed by atoms with E-state index >= 15 is 0 Å². The molecule has 0 unspecified atom stereocenters. The second-order valence-electron chi connectivity index (χ2n) is 4.75. The topological polar surface area (TPSA) is 51.0 Å². The normalized spacial score (nSPS) is 10.7. The first-order valence-corrected chi connectivity index (χ1v) is 7.81. The van der Waals surface area contributed by atoms with Gasteiger partial charge in [0.2, 0.25) is 5.91 Å². The number of thioether (sulfide) groups is 1. The van der Waals surface area contributed by atoms with Crippen molar-refractivity contribution >= 4 is 29.3 Å². The van der Waals surface area contributed by atoms with Gasteiger partial charge in [0.1, 0.15) is 5.82 Å². The van der Waals surface area contributed by atoms with Crippen molar-refractivity contribution in [2.24, 2.45) is 7.05 Å². The minimum Gasteiger partial charge on any atom is -0.341 e. The minimum absolute atomic E-state index is 0.0515. The number of halogens is 1. The smallest absolute Gasteiger partial charge is 0.233 e. The molecule has 2 aromatic rings. The van der Waals surface area contributed by atoms with Crippen LogP contribution in [0.2, 0.25) is 5.02 Å². The van der Waals surface area contributed by atoms with Crippen LogP contribution in [0.3, 0.4) is 0 Å². The van der Waals surface area contributed by atoms with Gasteiger partial charge in [-0.15, -0.1) is 10.2 Å². The van der Waals surface area contributed by atoms with Crippen LogP contribution in [0.5, 0.6) is 0 Å². The summed E-state index contributed by atoms with van der Waals surface area (Å²) in [5.41, 5.74) is 1.05. The maximum atomic E-state index is 12.1. The van der Waals surface area contributed by atoms with Gasteiger partial charge in [-0.3, -0.25) is 4.79 Å². The van der Waals surface area contributed by atoms with Crippen molar-refractivity contribution in [1.82, 2.24) is 19.7 Å². The fourth-order valence-corrected chi connectivity index (χ4v) is 2.73. The van der Waals surface area contributed by atoms with Crippen molar-refractivity contribution in [3.05, 3.63) is 40.7 Å². The number of amides is 1. The van der Waals surface area contributed by atoms with E-state index in [2.05, 4.69) is 10.2 Å². The van der Waals surface area contributed by atoms with Crippen molar-refractivity contribution in [3.8, 4) is 0 Å². The summed E-state index contributed by atoms with van der Waals surface area (Å²) in [6.07, 6.45) is 0. The van der Waals surface area contributed by atoms with Crippen molar-refractivity contribution in [3.63, 3.8) is 0 Å². The van der Waals surface area contributed by atoms with Crippen molar-refractivity contribution in [2.75, 3.05) is 12.8 Å². The van der Waals surface area contributed by atoms with Crippen molar-refractivity contribution in [1.29, 1.82) is 0 Å². The van der Waals surface area contributed by atoms with E-state index in [1.165, 1.54) is 11.8 Å². The molecule has 0 bridgehead atoms. The van der Waals surface area contributed by atoms with Crippen LogP contribution >= 0.6 is 23.4 Å². The quantitative estimate of drug-likeness (QED) is 0.793. The van der Waals surface area contributed by atoms with Gasteiger partial charge in [0.25, 0.3) is 0 Å². The molecule has 0 aliphatic rings. The van der Waals surface area contributed by atoms with Gasteiger partial charge in [-0.25, -0.2) is 0 Å². The monoisotopic (exact) mass is 324 g/mol. The number of carbonyl (C=O) groups is 1. The molecule has 5 nitrogen and oxygen atoms in total. The van der Waals surface area contributed by atoms with Crippen LogP contribution in [0.25, 0.3) is 0 Å². The standard InChI is InChI=1S/C14H17ClN4OS/c1-10-16-17-14(19(10)3)21-9-13(20)18(2)8-11-4-6-12(15)7-5-11/h4-7H,8-9H2,1-3H3. The lowest BCUT2D eigenvalue weighted by atomic mass is 10.2. The molecule has 1 amide bonds. The zero-order valence-electron chi connectivity index (χ0n) is 12.2. The van der Waals surface area contributed by atoms with Crippen LogP contribution in [-0.2, 0) is 18.4 Å². The first kappa shape index (κ1) is 15.9. The first-order valence-electron chi connectivity index (χ1n) is 6.44. The molecule has 2 rings (SSSR count). The summed E-state index contributed by atoms with van der Waals surface area (Å²) in [5.74, 6) is 1.23. The van der Waals surface area contributed by atoms with Crippen LogP contribution < -0.4 is 0 Å². The molecule has 0 saturated carbocycles. The molecule has 1 aromatic heterocycles. The SMILES string of the molecule is Cc1nnc(SCC(=O)N(C)Cc2ccc(Cl)cc2)n1C. The molecule has 0 fully saturated rings. The maximum Gasteiger partial charge on any atom is 0.233 e. The van der Waals surface area contributed by atoms with E-state index in [9.17, 15) is 4.79 Å². The van der Waals surface area contributed by atoms with Crippen LogP contribution in [0.1, 0.15) is 11.4 Å². The van der Waals surface area contributed by atoms with Crippen LogP contribution in [-0.4, -0.2) is 38.4 Å². The Kier molecular flexibility index (Phi) is 5.25. The molecule has 0 aliphatic carbocycles. The van der Waals surface area contributed by atoms with Gasteiger partial charge in [-0.05, 0) is 24.6 Å². The third kappa shape index (κ3) is 4.22. The summed E-state index contributed by atoms with van der Waals surface area (Å²) >= 11 is 7.24. The van der Waals surface area contributed by atoms with E-state index in [-0.39, 0.29) is 5.91 Å². The van der Waals surface area contributed by atoms with Crippen LogP contribution in [0.15, 0.2) is 29.4 Å². The molecular weight excluding hydrogens is 308 g/mol. The van der Waals surface area contributed by atoms with Gasteiger partial charge in [-0.1, -0.05) is 35.5 Å². The van der Waals surface area contributed by atoms with Crippen molar-refractivity contribution < 1.29 is 4.79 Å². The van der Waals surface area contributed by atoms with Gasteiger partial charge in [0.15, 0.2) is 5.16 Å². The highest BCUT2D eigenvalue weighted by atomic mass is 35.5. The lowest BCUT2D eigenvalue weighted by Gasteiger charge is -2.17. The third-order valence-electron chi connectivity index (χ3n) is 3.14. The molecule has 1 heterocycles. The Labute approximate surface area is 133 Å². The summed E-state index contributed by atoms with van der Waals surface area (Å²) in [6.45, 7) is 2.44. The Hall–Kier alpha value is -1.53. The third-order valence-corrected chi connectivity index (χ3v) is 4.39. The van der Waals surface area contributed by atoms with E-state index in [0.29, 0.717) is 17.3 Å². The Morgan fingerprint density at radius 2 is 2.00 bits per heavy atom. The maximum absolute atomic E-state index is 12.1. The summed E-state index contributed by atoms with van der Waals surface area (Å²) in [6, 6.07) is 7.50. The molecule has 0 spiro atoms. The molecule has 0 N–H and O–H groups in total. The highest BCUT2D eigenvalue weighted by Crippen LogP contribution is 2.16. The van der Waals surface area contributed by atoms with Gasteiger partial charge >= 0.3 is 0 Å². The van der Waals surface area contributed by atoms with E-state index in [1.54, 1.807) is 11.9 Å². The molecule has 1 aromatic carbocycles. The lowest BCUT2D eigenvalue weighted by molar-refractivity contribution is -0.127. The second kappa shape index (κ2) is 6.95. The zero-order chi connectivity index (χ0) is 15.4. The average Bonchev–Trinajstić information content (AvgIpc) is 2.78. The highest BCUT2D eigenvalue weighted by Gasteiger charge is 2.13. The summed E-state index contributed by atoms with van der Waals surface area (Å²) < 4.78 is 1.87. The summed E-state index contributed by atoms with van der Waals surface area (Å²) in [4.78, 5) is 13.8. The summed E-state index contributed by atoms with van der Waals surface area (Å²) in [7, 11) is 3.68. The number of nitrogens with zero attached hydrogens (tertiary/aromatic N) is 4. The number of carbonyl (C=O) groups excluding carboxylic acids is 1. The number of aromatic nitrogens is 3. The van der Waals surface area contributed by atoms with Crippen LogP contribution in [0, 0.1) is 6.92 Å². The molecule has 21 heavy (non-hydrogen) atoms.